The minimum Gasteiger partial charge on any atom is -0.376 e. The average Bonchev–Trinajstić information content (AvgIpc) is 2.92. The van der Waals surface area contributed by atoms with Gasteiger partial charge in [0.1, 0.15) is 0 Å². The number of halogens is 1. The summed E-state index contributed by atoms with van der Waals surface area (Å²) in [5.41, 5.74) is 1.26. The van der Waals surface area contributed by atoms with Crippen molar-refractivity contribution in [3.8, 4) is 0 Å². The summed E-state index contributed by atoms with van der Waals surface area (Å²) in [4.78, 5) is 0. The standard InChI is InChI=1S/C17H26BrNO2/c1-17(2,3)19-11-16(14-8-4-5-9-15(14)18)21-12-13-7-6-10-20-13/h4-5,8-9,13,16,19H,6-7,10-12H2,1-3H3. The van der Waals surface area contributed by atoms with Crippen molar-refractivity contribution in [1.29, 1.82) is 0 Å². The quantitative estimate of drug-likeness (QED) is 0.833. The molecule has 0 amide bonds. The van der Waals surface area contributed by atoms with Gasteiger partial charge in [-0.05, 0) is 45.2 Å². The third kappa shape index (κ3) is 5.70. The average molecular weight is 356 g/mol. The minimum atomic E-state index is 0.0315. The van der Waals surface area contributed by atoms with Gasteiger partial charge in [-0.25, -0.2) is 0 Å². The molecule has 2 rings (SSSR count). The van der Waals surface area contributed by atoms with E-state index in [0.29, 0.717) is 6.61 Å². The van der Waals surface area contributed by atoms with Gasteiger partial charge in [-0.3, -0.25) is 0 Å². The van der Waals surface area contributed by atoms with Crippen LogP contribution in [0.2, 0.25) is 0 Å². The molecule has 1 heterocycles. The smallest absolute Gasteiger partial charge is 0.0961 e. The molecule has 0 saturated carbocycles. The summed E-state index contributed by atoms with van der Waals surface area (Å²) >= 11 is 3.63. The van der Waals surface area contributed by atoms with Crippen molar-refractivity contribution >= 4 is 15.9 Å². The second-order valence-electron chi connectivity index (χ2n) is 6.61. The number of ether oxygens (including phenoxy) is 2. The van der Waals surface area contributed by atoms with E-state index in [4.69, 9.17) is 9.47 Å². The molecule has 2 unspecified atom stereocenters. The van der Waals surface area contributed by atoms with Gasteiger partial charge in [-0.1, -0.05) is 34.1 Å². The molecule has 1 aliphatic rings. The Balaban J connectivity index is 2.00. The molecular formula is C17H26BrNO2. The molecule has 2 atom stereocenters. The zero-order chi connectivity index (χ0) is 15.3. The zero-order valence-electron chi connectivity index (χ0n) is 13.2. The van der Waals surface area contributed by atoms with Crippen LogP contribution in [-0.2, 0) is 9.47 Å². The van der Waals surface area contributed by atoms with E-state index in [1.165, 1.54) is 5.56 Å². The number of nitrogens with one attached hydrogen (secondary N) is 1. The highest BCUT2D eigenvalue weighted by Crippen LogP contribution is 2.27. The number of hydrogen-bond acceptors (Lipinski definition) is 3. The molecule has 0 aliphatic carbocycles. The predicted molar refractivity (Wildman–Crippen MR) is 89.6 cm³/mol. The third-order valence-corrected chi connectivity index (χ3v) is 4.30. The minimum absolute atomic E-state index is 0.0315. The highest BCUT2D eigenvalue weighted by atomic mass is 79.9. The normalized spacial score (nSPS) is 20.7. The van der Waals surface area contributed by atoms with Gasteiger partial charge in [-0.15, -0.1) is 0 Å². The summed E-state index contributed by atoms with van der Waals surface area (Å²) in [6.45, 7) is 8.84. The zero-order valence-corrected chi connectivity index (χ0v) is 14.8. The molecule has 0 spiro atoms. The number of benzene rings is 1. The molecular weight excluding hydrogens is 330 g/mol. The number of rotatable bonds is 6. The maximum atomic E-state index is 6.17. The molecule has 1 saturated heterocycles. The maximum Gasteiger partial charge on any atom is 0.0961 e. The lowest BCUT2D eigenvalue weighted by atomic mass is 10.1. The second-order valence-corrected chi connectivity index (χ2v) is 7.46. The molecule has 0 bridgehead atoms. The summed E-state index contributed by atoms with van der Waals surface area (Å²) in [6.07, 6.45) is 2.54. The van der Waals surface area contributed by atoms with Crippen LogP contribution in [0.15, 0.2) is 28.7 Å². The lowest BCUT2D eigenvalue weighted by Gasteiger charge is -2.27. The van der Waals surface area contributed by atoms with Crippen molar-refractivity contribution in [3.63, 3.8) is 0 Å². The molecule has 118 valence electrons. The Hall–Kier alpha value is -0.420. The summed E-state index contributed by atoms with van der Waals surface area (Å²) < 4.78 is 12.9. The molecule has 1 aromatic carbocycles. The lowest BCUT2D eigenvalue weighted by molar-refractivity contribution is -0.0228. The van der Waals surface area contributed by atoms with Crippen LogP contribution in [0.25, 0.3) is 0 Å². The van der Waals surface area contributed by atoms with Crippen molar-refractivity contribution in [2.75, 3.05) is 19.8 Å². The van der Waals surface area contributed by atoms with Crippen molar-refractivity contribution in [3.05, 3.63) is 34.3 Å². The molecule has 0 radical (unpaired) electrons. The Bertz CT molecular complexity index is 439. The van der Waals surface area contributed by atoms with Crippen LogP contribution in [0.4, 0.5) is 0 Å². The monoisotopic (exact) mass is 355 g/mol. The van der Waals surface area contributed by atoms with Crippen molar-refractivity contribution in [1.82, 2.24) is 5.32 Å². The molecule has 1 fully saturated rings. The summed E-state index contributed by atoms with van der Waals surface area (Å²) in [7, 11) is 0. The first-order valence-electron chi connectivity index (χ1n) is 7.68. The molecule has 21 heavy (non-hydrogen) atoms. The highest BCUT2D eigenvalue weighted by molar-refractivity contribution is 9.10. The van der Waals surface area contributed by atoms with Gasteiger partial charge in [0.2, 0.25) is 0 Å². The van der Waals surface area contributed by atoms with Crippen LogP contribution in [0.3, 0.4) is 0 Å². The fourth-order valence-corrected chi connectivity index (χ4v) is 2.93. The summed E-state index contributed by atoms with van der Waals surface area (Å²) in [6, 6.07) is 8.27. The van der Waals surface area contributed by atoms with Gasteiger partial charge in [0, 0.05) is 23.2 Å². The largest absolute Gasteiger partial charge is 0.376 e. The van der Waals surface area contributed by atoms with Crippen LogP contribution in [0, 0.1) is 0 Å². The lowest BCUT2D eigenvalue weighted by Crippen LogP contribution is -2.39. The number of hydrogen-bond donors (Lipinski definition) is 1. The fourth-order valence-electron chi connectivity index (χ4n) is 2.39. The Morgan fingerprint density at radius 3 is 2.76 bits per heavy atom. The SMILES string of the molecule is CC(C)(C)NCC(OCC1CCCO1)c1ccccc1Br. The van der Waals surface area contributed by atoms with E-state index >= 15 is 0 Å². The molecule has 1 N–H and O–H groups in total. The van der Waals surface area contributed by atoms with E-state index in [1.54, 1.807) is 0 Å². The van der Waals surface area contributed by atoms with Gasteiger partial charge in [0.15, 0.2) is 0 Å². The summed E-state index contributed by atoms with van der Waals surface area (Å²) in [5, 5.41) is 3.54. The van der Waals surface area contributed by atoms with E-state index in [9.17, 15) is 0 Å². The van der Waals surface area contributed by atoms with E-state index in [0.717, 1.165) is 30.5 Å². The molecule has 1 aromatic rings. The van der Waals surface area contributed by atoms with Crippen molar-refractivity contribution < 1.29 is 9.47 Å². The van der Waals surface area contributed by atoms with Gasteiger partial charge < -0.3 is 14.8 Å². The van der Waals surface area contributed by atoms with E-state index in [-0.39, 0.29) is 17.7 Å². The van der Waals surface area contributed by atoms with Crippen LogP contribution in [-0.4, -0.2) is 31.4 Å². The van der Waals surface area contributed by atoms with Gasteiger partial charge in [0.05, 0.1) is 18.8 Å². The highest BCUT2D eigenvalue weighted by Gasteiger charge is 2.22. The topological polar surface area (TPSA) is 30.5 Å². The maximum absolute atomic E-state index is 6.17. The Morgan fingerprint density at radius 1 is 1.38 bits per heavy atom. The van der Waals surface area contributed by atoms with Crippen LogP contribution in [0.5, 0.6) is 0 Å². The van der Waals surface area contributed by atoms with Gasteiger partial charge in [-0.2, -0.15) is 0 Å². The van der Waals surface area contributed by atoms with E-state index < -0.39 is 0 Å². The third-order valence-electron chi connectivity index (χ3n) is 3.58. The molecule has 3 nitrogen and oxygen atoms in total. The first kappa shape index (κ1) is 16.9. The van der Waals surface area contributed by atoms with Crippen LogP contribution >= 0.6 is 15.9 Å². The van der Waals surface area contributed by atoms with Crippen molar-refractivity contribution in [2.24, 2.45) is 0 Å². The first-order chi connectivity index (χ1) is 9.96. The van der Waals surface area contributed by atoms with Gasteiger partial charge in [0.25, 0.3) is 0 Å². The second kappa shape index (κ2) is 7.73. The predicted octanol–water partition coefficient (Wildman–Crippen LogP) is 4.07. The molecule has 0 aromatic heterocycles. The van der Waals surface area contributed by atoms with Gasteiger partial charge >= 0.3 is 0 Å². The summed E-state index contributed by atoms with van der Waals surface area (Å²) in [5.74, 6) is 0. The first-order valence-corrected chi connectivity index (χ1v) is 8.48. The molecule has 4 heteroatoms. The van der Waals surface area contributed by atoms with Crippen LogP contribution < -0.4 is 5.32 Å². The Kier molecular flexibility index (Phi) is 6.23. The Morgan fingerprint density at radius 2 is 2.14 bits per heavy atom. The van der Waals surface area contributed by atoms with Crippen LogP contribution in [0.1, 0.15) is 45.3 Å². The van der Waals surface area contributed by atoms with E-state index in [1.807, 2.05) is 6.07 Å². The molecule has 1 aliphatic heterocycles. The van der Waals surface area contributed by atoms with Crippen molar-refractivity contribution in [2.45, 2.75) is 51.4 Å². The Labute approximate surface area is 136 Å². The van der Waals surface area contributed by atoms with E-state index in [2.05, 4.69) is 60.2 Å². The fraction of sp³-hybridized carbons (Fsp3) is 0.647.